The number of benzene rings is 1. The number of fused-ring (bicyclic) bond motifs is 1. The van der Waals surface area contributed by atoms with E-state index in [0.717, 1.165) is 23.3 Å². The maximum Gasteiger partial charge on any atom is 0.410 e. The monoisotopic (exact) mass is 385 g/mol. The van der Waals surface area contributed by atoms with Crippen molar-refractivity contribution < 1.29 is 19.1 Å². The van der Waals surface area contributed by atoms with Crippen LogP contribution in [0.1, 0.15) is 46.1 Å². The highest BCUT2D eigenvalue weighted by Crippen LogP contribution is 2.28. The lowest BCUT2D eigenvalue weighted by Gasteiger charge is -2.27. The Bertz CT molecular complexity index is 810. The highest BCUT2D eigenvalue weighted by atomic mass is 16.6. The minimum absolute atomic E-state index is 0.166. The molecule has 0 aliphatic carbocycles. The molecule has 0 spiro atoms. The highest BCUT2D eigenvalue weighted by Gasteiger charge is 2.36. The highest BCUT2D eigenvalue weighted by molar-refractivity contribution is 5.91. The Balaban J connectivity index is 1.62. The van der Waals surface area contributed by atoms with Gasteiger partial charge in [0.1, 0.15) is 23.5 Å². The van der Waals surface area contributed by atoms with Gasteiger partial charge in [0.2, 0.25) is 0 Å². The second kappa shape index (κ2) is 8.04. The zero-order valence-corrected chi connectivity index (χ0v) is 16.8. The second-order valence-electron chi connectivity index (χ2n) is 8.01. The number of hydrogen-bond donors (Lipinski definition) is 1. The molecule has 150 valence electrons. The third-order valence-corrected chi connectivity index (χ3v) is 4.59. The van der Waals surface area contributed by atoms with Crippen LogP contribution < -0.4 is 10.2 Å². The fourth-order valence-electron chi connectivity index (χ4n) is 3.23. The Morgan fingerprint density at radius 1 is 1.32 bits per heavy atom. The number of rotatable bonds is 3. The molecule has 0 unspecified atom stereocenters. The van der Waals surface area contributed by atoms with Crippen LogP contribution in [0.25, 0.3) is 6.08 Å². The summed E-state index contributed by atoms with van der Waals surface area (Å²) in [5.74, 6) is 0.514. The van der Waals surface area contributed by atoms with E-state index in [0.29, 0.717) is 13.0 Å². The van der Waals surface area contributed by atoms with Crippen molar-refractivity contribution in [1.82, 2.24) is 10.3 Å². The molecule has 1 aromatic carbocycles. The van der Waals surface area contributed by atoms with Crippen LogP contribution in [0.2, 0.25) is 0 Å². The van der Waals surface area contributed by atoms with Crippen LogP contribution in [-0.4, -0.2) is 47.4 Å². The molecule has 0 radical (unpaired) electrons. The summed E-state index contributed by atoms with van der Waals surface area (Å²) in [6.07, 6.45) is 4.29. The Morgan fingerprint density at radius 2 is 2.07 bits per heavy atom. The molecule has 2 aliphatic rings. The summed E-state index contributed by atoms with van der Waals surface area (Å²) in [7, 11) is 0. The van der Waals surface area contributed by atoms with E-state index >= 15 is 0 Å². The molecule has 0 aromatic heterocycles. The maximum absolute atomic E-state index is 12.5. The zero-order chi connectivity index (χ0) is 20.3. The first-order chi connectivity index (χ1) is 13.2. The smallest absolute Gasteiger partial charge is 0.410 e. The number of carbonyl (C=O) groups excluding carboxylic acids is 2. The van der Waals surface area contributed by atoms with Crippen molar-refractivity contribution in [2.45, 2.75) is 58.3 Å². The molecule has 0 saturated carbocycles. The van der Waals surface area contributed by atoms with Crippen LogP contribution in [0.5, 0.6) is 5.75 Å². The average molecular weight is 385 g/mol. The first-order valence-electron chi connectivity index (χ1n) is 9.54. The number of hydrazone groups is 1. The van der Waals surface area contributed by atoms with Gasteiger partial charge in [-0.05, 0) is 52.7 Å². The maximum atomic E-state index is 12.5. The van der Waals surface area contributed by atoms with Gasteiger partial charge in [-0.3, -0.25) is 9.69 Å². The predicted molar refractivity (Wildman–Crippen MR) is 107 cm³/mol. The predicted octanol–water partition coefficient (Wildman–Crippen LogP) is 3.35. The van der Waals surface area contributed by atoms with Gasteiger partial charge in [0.25, 0.3) is 5.91 Å². The quantitative estimate of drug-likeness (QED) is 0.639. The summed E-state index contributed by atoms with van der Waals surface area (Å²) in [5.41, 5.74) is 3.78. The number of nitrogens with one attached hydrogen (secondary N) is 1. The molecule has 1 N–H and O–H groups in total. The van der Waals surface area contributed by atoms with Gasteiger partial charge in [-0.2, -0.15) is 5.10 Å². The third-order valence-electron chi connectivity index (χ3n) is 4.59. The van der Waals surface area contributed by atoms with Crippen LogP contribution >= 0.6 is 0 Å². The number of carbonyl (C=O) groups is 2. The molecule has 28 heavy (non-hydrogen) atoms. The van der Waals surface area contributed by atoms with Crippen molar-refractivity contribution in [3.8, 4) is 5.75 Å². The van der Waals surface area contributed by atoms with Gasteiger partial charge in [0, 0.05) is 17.7 Å². The minimum Gasteiger partial charge on any atom is -0.485 e. The molecule has 7 nitrogen and oxygen atoms in total. The van der Waals surface area contributed by atoms with Gasteiger partial charge in [-0.25, -0.2) is 10.2 Å². The largest absolute Gasteiger partial charge is 0.485 e. The minimum atomic E-state index is -0.598. The third kappa shape index (κ3) is 4.71. The topological polar surface area (TPSA) is 80.2 Å². The SMILES string of the molecule is C[C@@H]1Oc2ccccc2C=C1/C=N\NC(=O)[C@H]1CCCN1C(=O)OC(C)(C)C. The molecule has 2 aliphatic heterocycles. The fourth-order valence-corrected chi connectivity index (χ4v) is 3.23. The second-order valence-corrected chi connectivity index (χ2v) is 8.01. The van der Waals surface area contributed by atoms with Crippen LogP contribution in [-0.2, 0) is 9.53 Å². The Labute approximate surface area is 165 Å². The molecule has 1 aromatic rings. The Morgan fingerprint density at radius 3 is 2.82 bits per heavy atom. The summed E-state index contributed by atoms with van der Waals surface area (Å²) in [4.78, 5) is 26.3. The van der Waals surface area contributed by atoms with Crippen LogP contribution in [0.15, 0.2) is 34.9 Å². The summed E-state index contributed by atoms with van der Waals surface area (Å²) < 4.78 is 11.2. The van der Waals surface area contributed by atoms with E-state index < -0.39 is 17.7 Å². The van der Waals surface area contributed by atoms with E-state index in [4.69, 9.17) is 9.47 Å². The molecule has 3 rings (SSSR count). The summed E-state index contributed by atoms with van der Waals surface area (Å²) in [6, 6.07) is 7.18. The van der Waals surface area contributed by atoms with Gasteiger partial charge < -0.3 is 9.47 Å². The average Bonchev–Trinajstić information content (AvgIpc) is 3.10. The first kappa shape index (κ1) is 19.9. The fraction of sp³-hybridized carbons (Fsp3) is 0.476. The molecule has 1 saturated heterocycles. The standard InChI is InChI=1S/C21H27N3O4/c1-14-16(12-15-8-5-6-10-18(15)27-14)13-22-23-19(25)17-9-7-11-24(17)20(26)28-21(2,3)4/h5-6,8,10,12-14,17H,7,9,11H2,1-4H3,(H,23,25)/b22-13-/t14-,17+/m0/s1. The molecular formula is C21H27N3O4. The number of ether oxygens (including phenoxy) is 2. The summed E-state index contributed by atoms with van der Waals surface area (Å²) in [5, 5.41) is 4.08. The number of hydrogen-bond acceptors (Lipinski definition) is 5. The van der Waals surface area contributed by atoms with E-state index in [1.807, 2.05) is 37.3 Å². The summed E-state index contributed by atoms with van der Waals surface area (Å²) in [6.45, 7) is 7.85. The van der Waals surface area contributed by atoms with Crippen molar-refractivity contribution in [1.29, 1.82) is 0 Å². The van der Waals surface area contributed by atoms with Crippen molar-refractivity contribution in [3.63, 3.8) is 0 Å². The van der Waals surface area contributed by atoms with Crippen LogP contribution in [0, 0.1) is 0 Å². The van der Waals surface area contributed by atoms with Crippen molar-refractivity contribution >= 4 is 24.3 Å². The van der Waals surface area contributed by atoms with E-state index in [1.54, 1.807) is 27.0 Å². The summed E-state index contributed by atoms with van der Waals surface area (Å²) >= 11 is 0. The van der Waals surface area contributed by atoms with Gasteiger partial charge in [-0.1, -0.05) is 18.2 Å². The molecule has 2 atom stereocenters. The van der Waals surface area contributed by atoms with Gasteiger partial charge in [0.15, 0.2) is 0 Å². The lowest BCUT2D eigenvalue weighted by atomic mass is 10.0. The lowest BCUT2D eigenvalue weighted by Crippen LogP contribution is -2.46. The van der Waals surface area contributed by atoms with Crippen molar-refractivity contribution in [2.75, 3.05) is 6.54 Å². The molecular weight excluding hydrogens is 358 g/mol. The Hall–Kier alpha value is -2.83. The molecule has 2 heterocycles. The van der Waals surface area contributed by atoms with E-state index in [9.17, 15) is 9.59 Å². The molecule has 7 heteroatoms. The molecule has 0 bridgehead atoms. The van der Waals surface area contributed by atoms with Crippen molar-refractivity contribution in [3.05, 3.63) is 35.4 Å². The number of para-hydroxylation sites is 1. The van der Waals surface area contributed by atoms with Gasteiger partial charge in [0.05, 0.1) is 6.21 Å². The normalized spacial score (nSPS) is 21.7. The number of amides is 2. The van der Waals surface area contributed by atoms with E-state index in [2.05, 4.69) is 10.5 Å². The van der Waals surface area contributed by atoms with Crippen molar-refractivity contribution in [2.24, 2.45) is 5.10 Å². The van der Waals surface area contributed by atoms with Crippen LogP contribution in [0.3, 0.4) is 0 Å². The zero-order valence-electron chi connectivity index (χ0n) is 16.8. The molecule has 1 fully saturated rings. The molecule has 2 amide bonds. The van der Waals surface area contributed by atoms with Gasteiger partial charge >= 0.3 is 6.09 Å². The first-order valence-corrected chi connectivity index (χ1v) is 9.54. The lowest BCUT2D eigenvalue weighted by molar-refractivity contribution is -0.125. The van der Waals surface area contributed by atoms with Gasteiger partial charge in [-0.15, -0.1) is 0 Å². The number of likely N-dealkylation sites (tertiary alicyclic amines) is 1. The van der Waals surface area contributed by atoms with Crippen LogP contribution in [0.4, 0.5) is 4.79 Å². The Kier molecular flexibility index (Phi) is 5.72. The number of nitrogens with zero attached hydrogens (tertiary/aromatic N) is 2. The van der Waals surface area contributed by atoms with E-state index in [1.165, 1.54) is 4.90 Å². The van der Waals surface area contributed by atoms with E-state index in [-0.39, 0.29) is 12.0 Å².